The molecule has 1 nitrogen and oxygen atoms in total. The second kappa shape index (κ2) is 7.33. The summed E-state index contributed by atoms with van der Waals surface area (Å²) in [5.74, 6) is 2.35. The number of thioether (sulfide) groups is 1. The molecule has 3 rings (SSSR count). The fourth-order valence-corrected chi connectivity index (χ4v) is 4.38. The van der Waals surface area contributed by atoms with Crippen LogP contribution in [-0.4, -0.2) is 19.0 Å². The number of benzene rings is 1. The van der Waals surface area contributed by atoms with E-state index in [4.69, 9.17) is 4.74 Å². The molecule has 0 spiro atoms. The molecule has 0 N–H and O–H groups in total. The smallest absolute Gasteiger partial charge is 0.0778 e. The van der Waals surface area contributed by atoms with Gasteiger partial charge in [0.2, 0.25) is 0 Å². The van der Waals surface area contributed by atoms with Crippen molar-refractivity contribution in [3.05, 3.63) is 58.5 Å². The predicted octanol–water partition coefficient (Wildman–Crippen LogP) is 5.16. The van der Waals surface area contributed by atoms with Crippen LogP contribution in [0.15, 0.2) is 53.0 Å². The van der Waals surface area contributed by atoms with Gasteiger partial charge in [0.25, 0.3) is 0 Å². The fraction of sp³-hybridized carbons (Fsp3) is 0.474. The van der Waals surface area contributed by atoms with Gasteiger partial charge in [0.15, 0.2) is 0 Å². The highest BCUT2D eigenvalue weighted by Gasteiger charge is 2.28. The minimum Gasteiger partial charge on any atom is -0.376 e. The van der Waals surface area contributed by atoms with Gasteiger partial charge in [-0.05, 0) is 29.7 Å². The molecule has 1 aromatic carbocycles. The lowest BCUT2D eigenvalue weighted by molar-refractivity contribution is 0.113. The zero-order chi connectivity index (χ0) is 14.5. The Hall–Kier alpha value is -0.990. The highest BCUT2D eigenvalue weighted by Crippen LogP contribution is 2.40. The SMILES string of the molecule is CCCCSC1=C2C=C[C@@H](c3ccccc3)C[C@@H]2COC1. The van der Waals surface area contributed by atoms with E-state index in [0.717, 1.165) is 13.2 Å². The first-order valence-corrected chi connectivity index (χ1v) is 9.03. The zero-order valence-corrected chi connectivity index (χ0v) is 13.6. The monoisotopic (exact) mass is 300 g/mol. The van der Waals surface area contributed by atoms with E-state index in [1.54, 1.807) is 5.57 Å². The first-order chi connectivity index (χ1) is 10.4. The van der Waals surface area contributed by atoms with Crippen LogP contribution in [0.4, 0.5) is 0 Å². The van der Waals surface area contributed by atoms with Crippen molar-refractivity contribution in [3.63, 3.8) is 0 Å². The Labute approximate surface area is 132 Å². The summed E-state index contributed by atoms with van der Waals surface area (Å²) in [7, 11) is 0. The van der Waals surface area contributed by atoms with Crippen LogP contribution in [0.1, 0.15) is 37.7 Å². The molecule has 2 atom stereocenters. The molecule has 1 aromatic rings. The normalized spacial score (nSPS) is 25.0. The quantitative estimate of drug-likeness (QED) is 0.694. The highest BCUT2D eigenvalue weighted by atomic mass is 32.2. The average molecular weight is 300 g/mol. The molecule has 0 unspecified atom stereocenters. The Balaban J connectivity index is 1.76. The third-order valence-electron chi connectivity index (χ3n) is 4.36. The molecule has 2 aliphatic rings. The lowest BCUT2D eigenvalue weighted by atomic mass is 9.79. The summed E-state index contributed by atoms with van der Waals surface area (Å²) in [5.41, 5.74) is 2.98. The Kier molecular flexibility index (Phi) is 5.21. The van der Waals surface area contributed by atoms with Crippen LogP contribution >= 0.6 is 11.8 Å². The lowest BCUT2D eigenvalue weighted by Gasteiger charge is -2.32. The van der Waals surface area contributed by atoms with Crippen molar-refractivity contribution >= 4 is 11.8 Å². The number of ether oxygens (including phenoxy) is 1. The number of allylic oxidation sites excluding steroid dienone is 2. The van der Waals surface area contributed by atoms with E-state index in [9.17, 15) is 0 Å². The number of unbranched alkanes of at least 4 members (excludes halogenated alkanes) is 1. The second-order valence-corrected chi connectivity index (χ2v) is 7.09. The van der Waals surface area contributed by atoms with E-state index in [-0.39, 0.29) is 0 Å². The van der Waals surface area contributed by atoms with Crippen molar-refractivity contribution in [1.29, 1.82) is 0 Å². The maximum Gasteiger partial charge on any atom is 0.0778 e. The van der Waals surface area contributed by atoms with Crippen LogP contribution in [0.2, 0.25) is 0 Å². The molecule has 21 heavy (non-hydrogen) atoms. The van der Waals surface area contributed by atoms with Crippen molar-refractivity contribution in [2.24, 2.45) is 5.92 Å². The standard InChI is InChI=1S/C19H24OS/c1-2-3-11-21-19-14-20-13-17-12-16(9-10-18(17)19)15-7-5-4-6-8-15/h4-10,16-17H,2-3,11-14H2,1H3/t16-,17-/m1/s1. The third-order valence-corrected chi connectivity index (χ3v) is 5.56. The maximum atomic E-state index is 5.85. The topological polar surface area (TPSA) is 9.23 Å². The zero-order valence-electron chi connectivity index (χ0n) is 12.8. The summed E-state index contributed by atoms with van der Waals surface area (Å²) in [6, 6.07) is 10.8. The maximum absolute atomic E-state index is 5.85. The average Bonchev–Trinajstić information content (AvgIpc) is 2.55. The van der Waals surface area contributed by atoms with Crippen molar-refractivity contribution in [3.8, 4) is 0 Å². The van der Waals surface area contributed by atoms with Gasteiger partial charge in [0, 0.05) is 16.7 Å². The van der Waals surface area contributed by atoms with E-state index in [1.165, 1.54) is 35.5 Å². The first kappa shape index (κ1) is 14.9. The van der Waals surface area contributed by atoms with Crippen molar-refractivity contribution in [2.75, 3.05) is 19.0 Å². The van der Waals surface area contributed by atoms with E-state index < -0.39 is 0 Å². The number of hydrogen-bond donors (Lipinski definition) is 0. The molecule has 0 radical (unpaired) electrons. The Morgan fingerprint density at radius 3 is 2.90 bits per heavy atom. The summed E-state index contributed by atoms with van der Waals surface area (Å²) in [6.07, 6.45) is 8.53. The molecule has 0 saturated carbocycles. The van der Waals surface area contributed by atoms with Crippen LogP contribution in [-0.2, 0) is 4.74 Å². The minimum atomic E-state index is 0.545. The van der Waals surface area contributed by atoms with Gasteiger partial charge in [0.05, 0.1) is 13.2 Å². The van der Waals surface area contributed by atoms with Crippen molar-refractivity contribution < 1.29 is 4.74 Å². The van der Waals surface area contributed by atoms with E-state index in [0.29, 0.717) is 11.8 Å². The molecule has 0 bridgehead atoms. The van der Waals surface area contributed by atoms with Crippen LogP contribution in [0.25, 0.3) is 0 Å². The van der Waals surface area contributed by atoms with Gasteiger partial charge < -0.3 is 4.74 Å². The molecule has 1 aliphatic heterocycles. The summed E-state index contributed by atoms with van der Waals surface area (Å²) in [5, 5.41) is 0. The summed E-state index contributed by atoms with van der Waals surface area (Å²) in [4.78, 5) is 1.47. The van der Waals surface area contributed by atoms with Crippen molar-refractivity contribution in [2.45, 2.75) is 32.1 Å². The van der Waals surface area contributed by atoms with Crippen LogP contribution < -0.4 is 0 Å². The minimum absolute atomic E-state index is 0.545. The number of rotatable bonds is 5. The molecular weight excluding hydrogens is 276 g/mol. The molecule has 0 saturated heterocycles. The van der Waals surface area contributed by atoms with Crippen molar-refractivity contribution in [1.82, 2.24) is 0 Å². The summed E-state index contributed by atoms with van der Waals surface area (Å²) in [6.45, 7) is 3.96. The van der Waals surface area contributed by atoms with Gasteiger partial charge in [-0.25, -0.2) is 0 Å². The third kappa shape index (κ3) is 3.61. The fourth-order valence-electron chi connectivity index (χ4n) is 3.14. The van der Waals surface area contributed by atoms with Crippen LogP contribution in [0.5, 0.6) is 0 Å². The molecule has 0 fully saturated rings. The lowest BCUT2D eigenvalue weighted by Crippen LogP contribution is -2.24. The Morgan fingerprint density at radius 2 is 2.10 bits per heavy atom. The van der Waals surface area contributed by atoms with Crippen LogP contribution in [0, 0.1) is 5.92 Å². The highest BCUT2D eigenvalue weighted by molar-refractivity contribution is 8.03. The summed E-state index contributed by atoms with van der Waals surface area (Å²) >= 11 is 2.01. The first-order valence-electron chi connectivity index (χ1n) is 8.05. The molecule has 1 heterocycles. The van der Waals surface area contributed by atoms with E-state index in [1.807, 2.05) is 11.8 Å². The number of hydrogen-bond acceptors (Lipinski definition) is 2. The molecule has 1 aliphatic carbocycles. The molecule has 2 heteroatoms. The molecule has 0 aromatic heterocycles. The van der Waals surface area contributed by atoms with E-state index in [2.05, 4.69) is 49.4 Å². The molecular formula is C19H24OS. The molecule has 0 amide bonds. The van der Waals surface area contributed by atoms with E-state index >= 15 is 0 Å². The van der Waals surface area contributed by atoms with Gasteiger partial charge in [-0.3, -0.25) is 0 Å². The van der Waals surface area contributed by atoms with Gasteiger partial charge in [-0.15, -0.1) is 11.8 Å². The Morgan fingerprint density at radius 1 is 1.24 bits per heavy atom. The Bertz CT molecular complexity index is 518. The number of fused-ring (bicyclic) bond motifs is 1. The van der Waals surface area contributed by atoms with Gasteiger partial charge >= 0.3 is 0 Å². The van der Waals surface area contributed by atoms with Gasteiger partial charge in [-0.1, -0.05) is 55.8 Å². The predicted molar refractivity (Wildman–Crippen MR) is 91.6 cm³/mol. The summed E-state index contributed by atoms with van der Waals surface area (Å²) < 4.78 is 5.85. The molecule has 112 valence electrons. The largest absolute Gasteiger partial charge is 0.376 e. The van der Waals surface area contributed by atoms with Gasteiger partial charge in [0.1, 0.15) is 0 Å². The van der Waals surface area contributed by atoms with Crippen LogP contribution in [0.3, 0.4) is 0 Å². The second-order valence-electron chi connectivity index (χ2n) is 5.90. The van der Waals surface area contributed by atoms with Gasteiger partial charge in [-0.2, -0.15) is 0 Å².